The molecule has 3 aromatic rings. The van der Waals surface area contributed by atoms with Crippen molar-refractivity contribution in [3.8, 4) is 11.8 Å². The lowest BCUT2D eigenvalue weighted by atomic mass is 9.86. The number of amides is 1. The highest BCUT2D eigenvalue weighted by molar-refractivity contribution is 5.94. The van der Waals surface area contributed by atoms with E-state index in [-0.39, 0.29) is 18.1 Å². The minimum absolute atomic E-state index is 0.117. The molecule has 0 atom stereocenters. The Morgan fingerprint density at radius 2 is 1.54 bits per heavy atom. The Bertz CT molecular complexity index is 1300. The number of anilines is 1. The number of aldehydes is 1. The van der Waals surface area contributed by atoms with E-state index in [0.29, 0.717) is 24.2 Å². The van der Waals surface area contributed by atoms with Crippen molar-refractivity contribution in [1.82, 2.24) is 0 Å². The zero-order valence-electron chi connectivity index (χ0n) is 24.4. The molecule has 0 spiro atoms. The molecule has 216 valence electrons. The summed E-state index contributed by atoms with van der Waals surface area (Å²) in [6, 6.07) is 20.3. The Balaban J connectivity index is 0.00000226. The smallest absolute Gasteiger partial charge is 0.227 e. The number of unbranched alkanes of at least 4 members (excludes halogenated alkanes) is 1. The number of hydrogen-bond donors (Lipinski definition) is 1. The van der Waals surface area contributed by atoms with Gasteiger partial charge in [0.05, 0.1) is 12.2 Å². The van der Waals surface area contributed by atoms with Gasteiger partial charge in [0.25, 0.3) is 0 Å². The maximum Gasteiger partial charge on any atom is 0.227 e. The highest BCUT2D eigenvalue weighted by atomic mass is 19.1. The Morgan fingerprint density at radius 1 is 0.927 bits per heavy atom. The SMILES string of the molecule is CCCCc1ccc(C#Cc2ccc(CN(C(=O)CCC3CCCCC3)c3cc(C=O)ccc3F)cc2)cc1.CO. The number of aryl methyl sites for hydroxylation is 1. The van der Waals surface area contributed by atoms with Gasteiger partial charge in [0.1, 0.15) is 12.1 Å². The molecule has 0 radical (unpaired) electrons. The number of aliphatic hydroxyl groups is 1. The van der Waals surface area contributed by atoms with Crippen molar-refractivity contribution in [2.24, 2.45) is 5.92 Å². The first-order valence-electron chi connectivity index (χ1n) is 14.8. The number of carbonyl (C=O) groups excluding carboxylic acids is 2. The second-order valence-corrected chi connectivity index (χ2v) is 10.6. The number of benzene rings is 3. The molecule has 0 heterocycles. The number of halogens is 1. The molecule has 4 nitrogen and oxygen atoms in total. The van der Waals surface area contributed by atoms with Gasteiger partial charge in [-0.15, -0.1) is 0 Å². The molecule has 1 saturated carbocycles. The highest BCUT2D eigenvalue weighted by Crippen LogP contribution is 2.29. The van der Waals surface area contributed by atoms with Gasteiger partial charge in [0.2, 0.25) is 5.91 Å². The summed E-state index contributed by atoms with van der Waals surface area (Å²) in [7, 11) is 1.00. The Kier molecular flexibility index (Phi) is 13.3. The van der Waals surface area contributed by atoms with Crippen molar-refractivity contribution >= 4 is 17.9 Å². The van der Waals surface area contributed by atoms with Crippen LogP contribution in [0.4, 0.5) is 10.1 Å². The van der Waals surface area contributed by atoms with Gasteiger partial charge in [-0.2, -0.15) is 0 Å². The van der Waals surface area contributed by atoms with Crippen LogP contribution in [0.15, 0.2) is 66.7 Å². The van der Waals surface area contributed by atoms with Crippen LogP contribution in [-0.2, 0) is 17.8 Å². The monoisotopic (exact) mass is 555 g/mol. The minimum Gasteiger partial charge on any atom is -0.400 e. The van der Waals surface area contributed by atoms with Gasteiger partial charge in [0.15, 0.2) is 0 Å². The van der Waals surface area contributed by atoms with Gasteiger partial charge in [-0.3, -0.25) is 9.59 Å². The summed E-state index contributed by atoms with van der Waals surface area (Å²) in [6.45, 7) is 2.43. The molecule has 1 aliphatic rings. The second kappa shape index (κ2) is 17.1. The number of rotatable bonds is 10. The molecular weight excluding hydrogens is 513 g/mol. The third-order valence-corrected chi connectivity index (χ3v) is 7.61. The van der Waals surface area contributed by atoms with E-state index < -0.39 is 5.82 Å². The normalized spacial score (nSPS) is 12.9. The minimum atomic E-state index is -0.505. The van der Waals surface area contributed by atoms with E-state index in [0.717, 1.165) is 49.5 Å². The van der Waals surface area contributed by atoms with Crippen LogP contribution in [0.5, 0.6) is 0 Å². The first-order valence-corrected chi connectivity index (χ1v) is 14.8. The fourth-order valence-electron chi connectivity index (χ4n) is 5.21. The van der Waals surface area contributed by atoms with E-state index in [9.17, 15) is 14.0 Å². The molecule has 0 aliphatic heterocycles. The lowest BCUT2D eigenvalue weighted by Gasteiger charge is -2.26. The van der Waals surface area contributed by atoms with Gasteiger partial charge in [-0.05, 0) is 78.8 Å². The van der Waals surface area contributed by atoms with Crippen LogP contribution < -0.4 is 4.90 Å². The first-order chi connectivity index (χ1) is 20.1. The Morgan fingerprint density at radius 3 is 2.12 bits per heavy atom. The third-order valence-electron chi connectivity index (χ3n) is 7.61. The lowest BCUT2D eigenvalue weighted by molar-refractivity contribution is -0.119. The zero-order chi connectivity index (χ0) is 29.5. The Hall–Kier alpha value is -3.75. The van der Waals surface area contributed by atoms with Gasteiger partial charge >= 0.3 is 0 Å². The van der Waals surface area contributed by atoms with Gasteiger partial charge in [-0.1, -0.05) is 81.6 Å². The molecule has 1 N–H and O–H groups in total. The fraction of sp³-hybridized carbons (Fsp3) is 0.389. The summed E-state index contributed by atoms with van der Waals surface area (Å²) in [6.07, 6.45) is 11.4. The van der Waals surface area contributed by atoms with Crippen molar-refractivity contribution < 1.29 is 19.1 Å². The average Bonchev–Trinajstić information content (AvgIpc) is 3.03. The molecule has 0 bridgehead atoms. The summed E-state index contributed by atoms with van der Waals surface area (Å²) in [5.41, 5.74) is 4.56. The second-order valence-electron chi connectivity index (χ2n) is 10.6. The van der Waals surface area contributed by atoms with Crippen LogP contribution in [0.1, 0.15) is 97.3 Å². The summed E-state index contributed by atoms with van der Waals surface area (Å²) in [4.78, 5) is 26.3. The quantitative estimate of drug-likeness (QED) is 0.204. The maximum absolute atomic E-state index is 14.9. The van der Waals surface area contributed by atoms with Gasteiger partial charge in [-0.25, -0.2) is 4.39 Å². The summed E-state index contributed by atoms with van der Waals surface area (Å²) in [5, 5.41) is 7.00. The summed E-state index contributed by atoms with van der Waals surface area (Å²) in [5.74, 6) is 6.36. The molecule has 5 heteroatoms. The molecule has 3 aromatic carbocycles. The van der Waals surface area contributed by atoms with Crippen molar-refractivity contribution in [1.29, 1.82) is 0 Å². The zero-order valence-corrected chi connectivity index (χ0v) is 24.4. The summed E-state index contributed by atoms with van der Waals surface area (Å²) >= 11 is 0. The van der Waals surface area contributed by atoms with Crippen LogP contribution >= 0.6 is 0 Å². The van der Waals surface area contributed by atoms with Crippen molar-refractivity contribution in [3.63, 3.8) is 0 Å². The van der Waals surface area contributed by atoms with Gasteiger partial charge in [0, 0.05) is 30.2 Å². The molecule has 0 saturated heterocycles. The molecule has 1 fully saturated rings. The number of hydrogen-bond acceptors (Lipinski definition) is 3. The predicted molar refractivity (Wildman–Crippen MR) is 164 cm³/mol. The van der Waals surface area contributed by atoms with Crippen LogP contribution in [0.3, 0.4) is 0 Å². The summed E-state index contributed by atoms with van der Waals surface area (Å²) < 4.78 is 14.9. The van der Waals surface area contributed by atoms with Crippen LogP contribution in [0, 0.1) is 23.6 Å². The molecule has 1 amide bonds. The maximum atomic E-state index is 14.9. The van der Waals surface area contributed by atoms with Crippen LogP contribution in [-0.4, -0.2) is 24.4 Å². The lowest BCUT2D eigenvalue weighted by Crippen LogP contribution is -2.31. The molecule has 4 rings (SSSR count). The van der Waals surface area contributed by atoms with E-state index in [2.05, 4.69) is 43.0 Å². The number of aliphatic hydroxyl groups excluding tert-OH is 1. The van der Waals surface area contributed by atoms with Gasteiger partial charge < -0.3 is 10.0 Å². The van der Waals surface area contributed by atoms with E-state index in [1.807, 2.05) is 24.3 Å². The third kappa shape index (κ3) is 9.99. The van der Waals surface area contributed by atoms with Crippen molar-refractivity contribution in [2.75, 3.05) is 12.0 Å². The van der Waals surface area contributed by atoms with Crippen LogP contribution in [0.25, 0.3) is 0 Å². The van der Waals surface area contributed by atoms with Crippen molar-refractivity contribution in [3.05, 3.63) is 100 Å². The predicted octanol–water partition coefficient (Wildman–Crippen LogP) is 7.88. The van der Waals surface area contributed by atoms with E-state index in [1.54, 1.807) is 0 Å². The largest absolute Gasteiger partial charge is 0.400 e. The molecule has 0 unspecified atom stereocenters. The van der Waals surface area contributed by atoms with E-state index >= 15 is 0 Å². The molecule has 1 aliphatic carbocycles. The highest BCUT2D eigenvalue weighted by Gasteiger charge is 2.22. The fourth-order valence-corrected chi connectivity index (χ4v) is 5.21. The standard InChI is InChI=1S/C35H38FNO2.CH4O/c1-2-3-7-28-10-12-29(13-11-28)14-15-30-16-18-31(19-17-30)25-37(34-24-32(26-38)20-22-33(34)36)35(39)23-21-27-8-5-4-6-9-27;1-2/h10-13,16-20,22,24,26-27H,2-9,21,23,25H2,1H3;2H,1H3. The van der Waals surface area contributed by atoms with Crippen LogP contribution in [0.2, 0.25) is 0 Å². The van der Waals surface area contributed by atoms with E-state index in [4.69, 9.17) is 5.11 Å². The first kappa shape index (κ1) is 31.8. The van der Waals surface area contributed by atoms with E-state index in [1.165, 1.54) is 60.8 Å². The number of nitrogens with zero attached hydrogens (tertiary/aromatic N) is 1. The number of carbonyl (C=O) groups is 2. The Labute approximate surface area is 244 Å². The topological polar surface area (TPSA) is 57.6 Å². The molecule has 41 heavy (non-hydrogen) atoms. The van der Waals surface area contributed by atoms with Crippen molar-refractivity contribution in [2.45, 2.75) is 77.7 Å². The average molecular weight is 556 g/mol. The molecular formula is C36H42FNO3. The molecule has 0 aromatic heterocycles.